The van der Waals surface area contributed by atoms with Crippen LogP contribution < -0.4 is 11.1 Å². The zero-order valence-corrected chi connectivity index (χ0v) is 8.79. The van der Waals surface area contributed by atoms with Gasteiger partial charge in [0.05, 0.1) is 6.54 Å². The van der Waals surface area contributed by atoms with E-state index in [4.69, 9.17) is 5.73 Å². The predicted octanol–water partition coefficient (Wildman–Crippen LogP) is -0.683. The number of hydrogen-bond acceptors (Lipinski definition) is 3. The Hall–Kier alpha value is -1.24. The molecule has 92 valence electrons. The van der Waals surface area contributed by atoms with Gasteiger partial charge in [-0.05, 0) is 6.42 Å². The zero-order valence-electron chi connectivity index (χ0n) is 8.79. The van der Waals surface area contributed by atoms with E-state index in [1.807, 2.05) is 0 Å². The summed E-state index contributed by atoms with van der Waals surface area (Å²) in [6.07, 6.45) is 0.480. The monoisotopic (exact) mass is 235 g/mol. The Bertz CT molecular complexity index is 273. The van der Waals surface area contributed by atoms with Gasteiger partial charge in [0.15, 0.2) is 0 Å². The molecule has 3 N–H and O–H groups in total. The van der Waals surface area contributed by atoms with Crippen molar-refractivity contribution in [3.05, 3.63) is 0 Å². The molecular formula is C9H15F2N3O2. The summed E-state index contributed by atoms with van der Waals surface area (Å²) in [4.78, 5) is 22.6. The van der Waals surface area contributed by atoms with Crippen molar-refractivity contribution in [3.63, 3.8) is 0 Å². The molecule has 16 heavy (non-hydrogen) atoms. The van der Waals surface area contributed by atoms with Gasteiger partial charge in [-0.25, -0.2) is 8.78 Å². The first-order valence-corrected chi connectivity index (χ1v) is 5.04. The second kappa shape index (κ2) is 5.20. The first-order chi connectivity index (χ1) is 7.44. The third-order valence-corrected chi connectivity index (χ3v) is 2.60. The summed E-state index contributed by atoms with van der Waals surface area (Å²) in [5.74, 6) is -3.29. The van der Waals surface area contributed by atoms with Crippen LogP contribution in [-0.4, -0.2) is 48.8 Å². The van der Waals surface area contributed by atoms with Gasteiger partial charge >= 0.3 is 0 Å². The zero-order chi connectivity index (χ0) is 12.2. The number of hydrogen-bond donors (Lipinski definition) is 2. The van der Waals surface area contributed by atoms with E-state index in [1.54, 1.807) is 4.90 Å². The number of halogens is 2. The molecule has 0 radical (unpaired) electrons. The molecule has 1 fully saturated rings. The maximum absolute atomic E-state index is 12.8. The van der Waals surface area contributed by atoms with Gasteiger partial charge in [0.1, 0.15) is 6.04 Å². The molecule has 1 aliphatic rings. The van der Waals surface area contributed by atoms with E-state index in [9.17, 15) is 18.4 Å². The van der Waals surface area contributed by atoms with Gasteiger partial charge < -0.3 is 11.1 Å². The second-order valence-electron chi connectivity index (χ2n) is 3.91. The van der Waals surface area contributed by atoms with Gasteiger partial charge in [0.2, 0.25) is 12.3 Å². The number of nitrogens with one attached hydrogen (secondary N) is 1. The molecule has 0 aromatic rings. The van der Waals surface area contributed by atoms with Crippen molar-refractivity contribution in [2.24, 2.45) is 5.73 Å². The lowest BCUT2D eigenvalue weighted by Gasteiger charge is -2.18. The third-order valence-electron chi connectivity index (χ3n) is 2.60. The molecule has 0 saturated carbocycles. The number of alkyl halides is 2. The lowest BCUT2D eigenvalue weighted by Crippen LogP contribution is -2.43. The van der Waals surface area contributed by atoms with Crippen molar-refractivity contribution in [2.75, 3.05) is 19.6 Å². The van der Waals surface area contributed by atoms with Gasteiger partial charge in [-0.15, -0.1) is 0 Å². The van der Waals surface area contributed by atoms with Gasteiger partial charge in [-0.2, -0.15) is 0 Å². The molecule has 2 amide bonds. The Kier molecular flexibility index (Phi) is 4.17. The minimum absolute atomic E-state index is 0.157. The Morgan fingerprint density at radius 2 is 2.31 bits per heavy atom. The van der Waals surface area contributed by atoms with E-state index >= 15 is 0 Å². The molecule has 1 unspecified atom stereocenters. The summed E-state index contributed by atoms with van der Waals surface area (Å²) < 4.78 is 25.6. The molecule has 0 aromatic heterocycles. The van der Waals surface area contributed by atoms with E-state index in [1.165, 1.54) is 0 Å². The molecule has 1 saturated heterocycles. The molecule has 1 rings (SSSR count). The van der Waals surface area contributed by atoms with E-state index in [0.717, 1.165) is 0 Å². The van der Waals surface area contributed by atoms with Crippen molar-refractivity contribution < 1.29 is 18.4 Å². The number of nitrogens with two attached hydrogens (primary N) is 1. The van der Waals surface area contributed by atoms with Crippen LogP contribution in [0.1, 0.15) is 12.8 Å². The fraction of sp³-hybridized carbons (Fsp3) is 0.778. The number of rotatable bonds is 6. The number of nitrogens with zero attached hydrogens (tertiary/aromatic N) is 1. The topological polar surface area (TPSA) is 75.4 Å². The third kappa shape index (κ3) is 3.73. The van der Waals surface area contributed by atoms with E-state index < -0.39 is 17.9 Å². The Morgan fingerprint density at radius 3 is 2.75 bits per heavy atom. The summed E-state index contributed by atoms with van der Waals surface area (Å²) in [6, 6.07) is -0.785. The highest BCUT2D eigenvalue weighted by Gasteiger charge is 2.38. The van der Waals surface area contributed by atoms with Gasteiger partial charge in [-0.3, -0.25) is 14.5 Å². The van der Waals surface area contributed by atoms with E-state index in [-0.39, 0.29) is 19.4 Å². The number of likely N-dealkylation sites (tertiary alicyclic amines) is 1. The Labute approximate surface area is 92.0 Å². The Morgan fingerprint density at radius 1 is 1.62 bits per heavy atom. The first kappa shape index (κ1) is 12.8. The van der Waals surface area contributed by atoms with Crippen molar-refractivity contribution in [2.45, 2.75) is 24.8 Å². The number of carbonyl (C=O) groups is 2. The standard InChI is InChI=1S/C9H15F2N3O2/c10-9(11)2-4-14(5-9)3-1-7(8(12)16)13-6-15/h6-7H,1-5H2,(H2,12,16)(H,13,15). The molecule has 0 aromatic carbocycles. The molecule has 1 atom stereocenters. The summed E-state index contributed by atoms with van der Waals surface area (Å²) >= 11 is 0. The minimum Gasteiger partial charge on any atom is -0.368 e. The average molecular weight is 235 g/mol. The quantitative estimate of drug-likeness (QED) is 0.599. The number of primary amides is 1. The molecular weight excluding hydrogens is 220 g/mol. The van der Waals surface area contributed by atoms with E-state index in [2.05, 4.69) is 5.32 Å². The lowest BCUT2D eigenvalue weighted by molar-refractivity contribution is -0.122. The van der Waals surface area contributed by atoms with Crippen LogP contribution in [0.25, 0.3) is 0 Å². The molecule has 5 nitrogen and oxygen atoms in total. The fourth-order valence-electron chi connectivity index (χ4n) is 1.70. The first-order valence-electron chi connectivity index (χ1n) is 5.04. The highest BCUT2D eigenvalue weighted by molar-refractivity contribution is 5.81. The van der Waals surface area contributed by atoms with Crippen LogP contribution in [0, 0.1) is 0 Å². The SMILES string of the molecule is NC(=O)C(CCN1CCC(F)(F)C1)NC=O. The summed E-state index contributed by atoms with van der Waals surface area (Å²) in [5, 5.41) is 2.26. The number of amides is 2. The van der Waals surface area contributed by atoms with Crippen LogP contribution in [0.2, 0.25) is 0 Å². The van der Waals surface area contributed by atoms with Crippen LogP contribution in [0.4, 0.5) is 8.78 Å². The van der Waals surface area contributed by atoms with Crippen LogP contribution >= 0.6 is 0 Å². The smallest absolute Gasteiger partial charge is 0.261 e. The molecule has 1 heterocycles. The molecule has 7 heteroatoms. The van der Waals surface area contributed by atoms with Gasteiger partial charge in [0.25, 0.3) is 5.92 Å². The maximum Gasteiger partial charge on any atom is 0.261 e. The molecule has 0 bridgehead atoms. The molecule has 1 aliphatic heterocycles. The lowest BCUT2D eigenvalue weighted by atomic mass is 10.2. The minimum atomic E-state index is -2.64. The molecule has 0 spiro atoms. The van der Waals surface area contributed by atoms with Crippen molar-refractivity contribution in [1.29, 1.82) is 0 Å². The number of carbonyl (C=O) groups excluding carboxylic acids is 2. The van der Waals surface area contributed by atoms with Crippen LogP contribution in [0.15, 0.2) is 0 Å². The second-order valence-corrected chi connectivity index (χ2v) is 3.91. The van der Waals surface area contributed by atoms with Crippen molar-refractivity contribution in [1.82, 2.24) is 10.2 Å². The largest absolute Gasteiger partial charge is 0.368 e. The summed E-state index contributed by atoms with van der Waals surface area (Å²) in [6.45, 7) is 0.336. The molecule has 0 aliphatic carbocycles. The fourth-order valence-corrected chi connectivity index (χ4v) is 1.70. The summed E-state index contributed by atoms with van der Waals surface area (Å²) in [7, 11) is 0. The van der Waals surface area contributed by atoms with Crippen molar-refractivity contribution >= 4 is 12.3 Å². The summed E-state index contributed by atoms with van der Waals surface area (Å²) in [5.41, 5.74) is 5.03. The van der Waals surface area contributed by atoms with Gasteiger partial charge in [-0.1, -0.05) is 0 Å². The maximum atomic E-state index is 12.8. The highest BCUT2D eigenvalue weighted by Crippen LogP contribution is 2.26. The van der Waals surface area contributed by atoms with Crippen LogP contribution in [0.5, 0.6) is 0 Å². The average Bonchev–Trinajstić information content (AvgIpc) is 2.52. The predicted molar refractivity (Wildman–Crippen MR) is 52.8 cm³/mol. The van der Waals surface area contributed by atoms with Crippen LogP contribution in [0.3, 0.4) is 0 Å². The normalized spacial score (nSPS) is 21.6. The van der Waals surface area contributed by atoms with Crippen molar-refractivity contribution in [3.8, 4) is 0 Å². The van der Waals surface area contributed by atoms with Gasteiger partial charge in [0, 0.05) is 19.5 Å². The Balaban J connectivity index is 2.33. The van der Waals surface area contributed by atoms with E-state index in [0.29, 0.717) is 19.5 Å². The van der Waals surface area contributed by atoms with Crippen LogP contribution in [-0.2, 0) is 9.59 Å². The highest BCUT2D eigenvalue weighted by atomic mass is 19.3.